The summed E-state index contributed by atoms with van der Waals surface area (Å²) >= 11 is 6.83. The Hall–Kier alpha value is -5.00. The molecule has 0 radical (unpaired) electrons. The summed E-state index contributed by atoms with van der Waals surface area (Å²) in [5, 5.41) is 25.9. The van der Waals surface area contributed by atoms with Crippen LogP contribution in [0.2, 0.25) is 30.7 Å². The van der Waals surface area contributed by atoms with Crippen molar-refractivity contribution < 1.29 is 23.8 Å². The van der Waals surface area contributed by atoms with E-state index < -0.39 is 20.0 Å². The van der Waals surface area contributed by atoms with Crippen LogP contribution in [0.15, 0.2) is 43.0 Å². The molecule has 4 fully saturated rings. The Morgan fingerprint density at radius 2 is 2.00 bits per heavy atom. The van der Waals surface area contributed by atoms with Crippen molar-refractivity contribution in [1.82, 2.24) is 34.1 Å². The number of likely N-dealkylation sites (tertiary alicyclic amines) is 1. The molecule has 4 aliphatic rings. The molecule has 1 N–H and O–H groups in total. The van der Waals surface area contributed by atoms with Gasteiger partial charge in [-0.25, -0.2) is 28.6 Å². The monoisotopic (exact) mass is 768 g/mol. The Morgan fingerprint density at radius 3 is 2.70 bits per heavy atom. The number of ether oxygens (including phenoxy) is 1. The molecular weight excluding hydrogens is 727 g/mol. The number of pyridine rings is 1. The molecule has 3 aliphatic heterocycles. The molecule has 0 unspecified atom stereocenters. The van der Waals surface area contributed by atoms with Crippen LogP contribution in [0.1, 0.15) is 54.6 Å². The number of fused-ring (bicyclic) bond motifs is 4. The van der Waals surface area contributed by atoms with Crippen LogP contribution in [0.4, 0.5) is 14.0 Å². The van der Waals surface area contributed by atoms with Gasteiger partial charge in [0.05, 0.1) is 41.3 Å². The summed E-state index contributed by atoms with van der Waals surface area (Å²) in [6.45, 7) is 9.83. The van der Waals surface area contributed by atoms with Gasteiger partial charge in [0.25, 0.3) is 0 Å². The van der Waals surface area contributed by atoms with E-state index in [1.165, 1.54) is 22.2 Å². The zero-order valence-electron chi connectivity index (χ0n) is 30.7. The molecule has 3 aromatic heterocycles. The summed E-state index contributed by atoms with van der Waals surface area (Å²) in [6, 6.07) is 11.5. The summed E-state index contributed by atoms with van der Waals surface area (Å²) in [6.07, 6.45) is 4.11. The van der Waals surface area contributed by atoms with Gasteiger partial charge < -0.3 is 19.3 Å². The molecule has 1 saturated carbocycles. The third-order valence-electron chi connectivity index (χ3n) is 11.4. The van der Waals surface area contributed by atoms with E-state index in [-0.39, 0.29) is 54.1 Å². The smallest absolute Gasteiger partial charge is 0.410 e. The Bertz CT molecular complexity index is 2350. The Kier molecular flexibility index (Phi) is 9.13. The van der Waals surface area contributed by atoms with Crippen LogP contribution in [0.25, 0.3) is 38.8 Å². The van der Waals surface area contributed by atoms with Gasteiger partial charge in [-0.3, -0.25) is 4.90 Å². The molecular formula is C39H42ClFN8O4Si. The largest absolute Gasteiger partial charge is 0.465 e. The number of halogens is 2. The lowest BCUT2D eigenvalue weighted by molar-refractivity contribution is 0.0985. The topological polar surface area (TPSA) is 142 Å². The second kappa shape index (κ2) is 13.7. The highest BCUT2D eigenvalue weighted by molar-refractivity contribution is 6.76. The van der Waals surface area contributed by atoms with Gasteiger partial charge in [0.15, 0.2) is 11.6 Å². The number of carboxylic acid groups (broad SMARTS) is 1. The van der Waals surface area contributed by atoms with Crippen molar-refractivity contribution in [3.63, 3.8) is 0 Å². The minimum Gasteiger partial charge on any atom is -0.465 e. The fourth-order valence-electron chi connectivity index (χ4n) is 8.74. The molecule has 280 valence electrons. The van der Waals surface area contributed by atoms with Gasteiger partial charge in [0.1, 0.15) is 18.2 Å². The van der Waals surface area contributed by atoms with Gasteiger partial charge in [-0.1, -0.05) is 49.4 Å². The highest BCUT2D eigenvalue weighted by atomic mass is 35.5. The number of carbonyl (C=O) groups excluding carboxylic acids is 1. The van der Waals surface area contributed by atoms with Gasteiger partial charge in [-0.2, -0.15) is 10.4 Å². The first-order valence-electron chi connectivity index (χ1n) is 18.5. The predicted molar refractivity (Wildman–Crippen MR) is 205 cm³/mol. The molecule has 4 atom stereocenters. The Labute approximate surface area is 318 Å². The van der Waals surface area contributed by atoms with Gasteiger partial charge in [-0.05, 0) is 61.9 Å². The molecule has 1 aliphatic carbocycles. The van der Waals surface area contributed by atoms with Crippen LogP contribution in [-0.4, -0.2) is 85.2 Å². The molecule has 15 heteroatoms. The fourth-order valence-corrected chi connectivity index (χ4v) is 9.68. The SMILES string of the molecule is Cc1cccc(-c2c(CCC#N)cc3c(nc(-n4cncn4)c4cc([C@H]5CCCN5C(=O)OCC[Si](C)(C)C)n([C@H]5[C@@H]6C[C@H]5N(C(=O)O)C6)c43)c2F)c1Cl. The van der Waals surface area contributed by atoms with Crippen molar-refractivity contribution in [3.05, 3.63) is 70.6 Å². The number of nitrogens with zero attached hydrogens (tertiary/aromatic N) is 8. The van der Waals surface area contributed by atoms with E-state index in [9.17, 15) is 20.0 Å². The van der Waals surface area contributed by atoms with Gasteiger partial charge in [-0.15, -0.1) is 0 Å². The molecule has 3 saturated heterocycles. The first kappa shape index (κ1) is 36.0. The highest BCUT2D eigenvalue weighted by Gasteiger charge is 2.56. The summed E-state index contributed by atoms with van der Waals surface area (Å²) < 4.78 is 27.1. The van der Waals surface area contributed by atoms with E-state index in [0.29, 0.717) is 70.8 Å². The van der Waals surface area contributed by atoms with Gasteiger partial charge in [0, 0.05) is 61.1 Å². The molecule has 2 amide bonds. The van der Waals surface area contributed by atoms with Crippen molar-refractivity contribution >= 4 is 53.7 Å². The summed E-state index contributed by atoms with van der Waals surface area (Å²) in [4.78, 5) is 38.6. The average molecular weight is 769 g/mol. The molecule has 54 heavy (non-hydrogen) atoms. The average Bonchev–Trinajstić information content (AvgIpc) is 3.96. The van der Waals surface area contributed by atoms with Crippen LogP contribution >= 0.6 is 11.6 Å². The maximum Gasteiger partial charge on any atom is 0.410 e. The van der Waals surface area contributed by atoms with Crippen LogP contribution in [0.3, 0.4) is 0 Å². The summed E-state index contributed by atoms with van der Waals surface area (Å²) in [7, 11) is -1.45. The molecule has 2 aromatic carbocycles. The van der Waals surface area contributed by atoms with Gasteiger partial charge >= 0.3 is 12.2 Å². The lowest BCUT2D eigenvalue weighted by Crippen LogP contribution is -2.43. The summed E-state index contributed by atoms with van der Waals surface area (Å²) in [5.74, 6) is -0.211. The lowest BCUT2D eigenvalue weighted by atomic mass is 9.79. The number of rotatable bonds is 9. The number of hydrogen-bond acceptors (Lipinski definition) is 7. The van der Waals surface area contributed by atoms with Crippen LogP contribution in [-0.2, 0) is 11.2 Å². The molecule has 5 aromatic rings. The number of nitriles is 1. The Morgan fingerprint density at radius 1 is 1.19 bits per heavy atom. The van der Waals surface area contributed by atoms with Crippen molar-refractivity contribution in [3.8, 4) is 23.0 Å². The molecule has 12 nitrogen and oxygen atoms in total. The maximum absolute atomic E-state index is 17.5. The van der Waals surface area contributed by atoms with E-state index in [4.69, 9.17) is 21.3 Å². The standard InChI is InChI=1S/C39H42ClFN8O4Si/c1-22-8-5-10-25(32(22)40)31-23(9-6-12-42)16-26-34(33(31)41)45-37(48-21-43-20-44-48)27-18-29(28-11-7-13-46(28)39(52)53-14-15-54(2,3)4)49(36(26)27)35-24-17-30(35)47(19-24)38(50)51/h5,8,10,16,18,20-21,24,28,30,35H,6-7,9,11,13-15,17,19H2,1-4H3,(H,50,51)/t24-,28-,30-,35+/m1/s1. The van der Waals surface area contributed by atoms with Crippen molar-refractivity contribution in [1.29, 1.82) is 5.26 Å². The number of hydrogen-bond donors (Lipinski definition) is 1. The first-order valence-corrected chi connectivity index (χ1v) is 22.6. The zero-order chi connectivity index (χ0) is 38.1. The number of aryl methyl sites for hydroxylation is 2. The number of aromatic nitrogens is 5. The normalized spacial score (nSPS) is 20.8. The molecule has 6 heterocycles. The second-order valence-electron chi connectivity index (χ2n) is 16.0. The quantitative estimate of drug-likeness (QED) is 0.147. The molecule has 9 rings (SSSR count). The van der Waals surface area contributed by atoms with E-state index >= 15 is 4.39 Å². The van der Waals surface area contributed by atoms with Crippen LogP contribution < -0.4 is 0 Å². The van der Waals surface area contributed by atoms with Crippen LogP contribution in [0.5, 0.6) is 0 Å². The Balaban J connectivity index is 1.41. The lowest BCUT2D eigenvalue weighted by Gasteiger charge is -2.40. The van der Waals surface area contributed by atoms with E-state index in [1.807, 2.05) is 31.2 Å². The second-order valence-corrected chi connectivity index (χ2v) is 22.0. The van der Waals surface area contributed by atoms with E-state index in [1.54, 1.807) is 11.0 Å². The van der Waals surface area contributed by atoms with Gasteiger partial charge in [0.2, 0.25) is 0 Å². The maximum atomic E-state index is 17.5. The molecule has 0 spiro atoms. The first-order chi connectivity index (χ1) is 25.9. The number of amides is 2. The summed E-state index contributed by atoms with van der Waals surface area (Å²) in [5.41, 5.74) is 3.76. The van der Waals surface area contributed by atoms with Crippen molar-refractivity contribution in [2.45, 2.75) is 82.8 Å². The minimum atomic E-state index is -1.45. The number of carbonyl (C=O) groups is 2. The van der Waals surface area contributed by atoms with Crippen molar-refractivity contribution in [2.24, 2.45) is 5.92 Å². The minimum absolute atomic E-state index is 0.0188. The molecule has 2 bridgehead atoms. The van der Waals surface area contributed by atoms with E-state index in [0.717, 1.165) is 23.7 Å². The highest BCUT2D eigenvalue weighted by Crippen LogP contribution is 2.54. The number of benzene rings is 2. The third-order valence-corrected chi connectivity index (χ3v) is 13.6. The fraction of sp³-hybridized carbons (Fsp3) is 0.436. The van der Waals surface area contributed by atoms with E-state index in [2.05, 4.69) is 40.4 Å². The zero-order valence-corrected chi connectivity index (χ0v) is 32.5. The third kappa shape index (κ3) is 5.98. The van der Waals surface area contributed by atoms with Crippen LogP contribution in [0, 0.1) is 30.0 Å². The predicted octanol–water partition coefficient (Wildman–Crippen LogP) is 8.53. The van der Waals surface area contributed by atoms with Crippen molar-refractivity contribution in [2.75, 3.05) is 19.7 Å².